The molecule has 1 aliphatic heterocycles. The molecule has 0 aromatic rings. The Bertz CT molecular complexity index is 1120. The third-order valence-electron chi connectivity index (χ3n) is 13.8. The van der Waals surface area contributed by atoms with Crippen LogP contribution in [0.2, 0.25) is 0 Å². The molecule has 0 radical (unpaired) electrons. The zero-order chi connectivity index (χ0) is 31.7. The van der Waals surface area contributed by atoms with Gasteiger partial charge in [0.1, 0.15) is 18.3 Å². The van der Waals surface area contributed by atoms with E-state index in [4.69, 9.17) is 9.47 Å². The molecule has 0 aromatic heterocycles. The maximum atomic E-state index is 11.7. The third kappa shape index (κ3) is 5.17. The van der Waals surface area contributed by atoms with Gasteiger partial charge in [-0.1, -0.05) is 64.8 Å². The van der Waals surface area contributed by atoms with Crippen LogP contribution in [-0.2, 0) is 14.3 Å². The molecule has 1 saturated heterocycles. The number of hydrogen-bond donors (Lipinski definition) is 4. The molecule has 7 nitrogen and oxygen atoms in total. The fourth-order valence-corrected chi connectivity index (χ4v) is 11.1. The Labute approximate surface area is 259 Å². The number of carboxylic acid groups (broad SMARTS) is 1. The van der Waals surface area contributed by atoms with Crippen molar-refractivity contribution in [3.8, 4) is 0 Å². The van der Waals surface area contributed by atoms with Gasteiger partial charge in [-0.3, -0.25) is 0 Å². The Morgan fingerprint density at radius 2 is 1.65 bits per heavy atom. The lowest BCUT2D eigenvalue weighted by atomic mass is 9.40. The highest BCUT2D eigenvalue weighted by atomic mass is 16.7. The Kier molecular flexibility index (Phi) is 8.88. The topological polar surface area (TPSA) is 116 Å². The molecule has 1 heterocycles. The maximum absolute atomic E-state index is 11.7. The van der Waals surface area contributed by atoms with E-state index in [0.29, 0.717) is 22.7 Å². The van der Waals surface area contributed by atoms with Crippen molar-refractivity contribution in [1.29, 1.82) is 0 Å². The average molecular weight is 603 g/mol. The van der Waals surface area contributed by atoms with E-state index in [2.05, 4.69) is 67.5 Å². The van der Waals surface area contributed by atoms with Crippen molar-refractivity contribution in [3.05, 3.63) is 23.3 Å². The number of aliphatic carboxylic acids is 1. The van der Waals surface area contributed by atoms with Crippen molar-refractivity contribution in [2.75, 3.05) is 0 Å². The molecule has 3 saturated carbocycles. The van der Waals surface area contributed by atoms with Gasteiger partial charge in [-0.25, -0.2) is 4.79 Å². The van der Waals surface area contributed by atoms with Gasteiger partial charge in [-0.05, 0) is 112 Å². The van der Waals surface area contributed by atoms with Gasteiger partial charge in [-0.2, -0.15) is 0 Å². The highest BCUT2D eigenvalue weighted by Gasteiger charge is 2.66. The van der Waals surface area contributed by atoms with Gasteiger partial charge < -0.3 is 29.9 Å². The molecule has 4 aliphatic carbocycles. The number of fused-ring (bicyclic) bond motifs is 5. The number of carbonyl (C=O) groups is 1. The summed E-state index contributed by atoms with van der Waals surface area (Å²) in [6.07, 6.45) is 7.12. The quantitative estimate of drug-likeness (QED) is 0.255. The van der Waals surface area contributed by atoms with Crippen LogP contribution in [0.3, 0.4) is 0 Å². The summed E-state index contributed by atoms with van der Waals surface area (Å²) in [5.74, 6) is 1.37. The standard InChI is InChI=1S/C36H58O7/c1-20(2)10-9-11-21(3)22-14-18-36(8)24-12-13-25-33(4,5)26(16-17-34(25,6)23(24)15-19-35(22,36)7)42-32-29(39)27(37)28(38)30(43-32)31(40)41/h10,13,21-24,26-30,32,37-39H,9,11-12,14-19H2,1-8H3,(H,40,41). The molecule has 5 rings (SSSR count). The van der Waals surface area contributed by atoms with Crippen molar-refractivity contribution in [1.82, 2.24) is 0 Å². The van der Waals surface area contributed by atoms with Gasteiger partial charge in [0.25, 0.3) is 0 Å². The van der Waals surface area contributed by atoms with E-state index >= 15 is 0 Å². The molecule has 43 heavy (non-hydrogen) atoms. The van der Waals surface area contributed by atoms with Crippen LogP contribution in [0.4, 0.5) is 0 Å². The minimum Gasteiger partial charge on any atom is -0.479 e. The summed E-state index contributed by atoms with van der Waals surface area (Å²) in [6.45, 7) is 19.0. The first-order valence-corrected chi connectivity index (χ1v) is 16.9. The summed E-state index contributed by atoms with van der Waals surface area (Å²) in [5.41, 5.74) is 3.19. The van der Waals surface area contributed by atoms with E-state index < -0.39 is 36.7 Å². The van der Waals surface area contributed by atoms with Crippen LogP contribution in [0.15, 0.2) is 23.3 Å². The molecule has 7 heteroatoms. The zero-order valence-corrected chi connectivity index (χ0v) is 27.8. The molecule has 0 aromatic carbocycles. The second-order valence-corrected chi connectivity index (χ2v) is 16.5. The van der Waals surface area contributed by atoms with E-state index in [1.165, 1.54) is 49.7 Å². The van der Waals surface area contributed by atoms with Crippen LogP contribution >= 0.6 is 0 Å². The number of ether oxygens (including phenoxy) is 2. The van der Waals surface area contributed by atoms with Gasteiger partial charge in [0.05, 0.1) is 6.10 Å². The fraction of sp³-hybridized carbons (Fsp3) is 0.861. The normalized spacial score (nSPS) is 47.9. The highest BCUT2D eigenvalue weighted by Crippen LogP contribution is 2.73. The molecule has 13 unspecified atom stereocenters. The molecule has 13 atom stereocenters. The minimum absolute atomic E-state index is 0.0507. The number of carboxylic acids is 1. The second-order valence-electron chi connectivity index (χ2n) is 16.5. The van der Waals surface area contributed by atoms with Crippen molar-refractivity contribution in [3.63, 3.8) is 0 Å². The van der Waals surface area contributed by atoms with E-state index in [1.54, 1.807) is 0 Å². The van der Waals surface area contributed by atoms with Crippen molar-refractivity contribution >= 4 is 5.97 Å². The van der Waals surface area contributed by atoms with Crippen LogP contribution in [-0.4, -0.2) is 63.2 Å². The Morgan fingerprint density at radius 1 is 0.977 bits per heavy atom. The van der Waals surface area contributed by atoms with Crippen LogP contribution in [0, 0.1) is 45.3 Å². The average Bonchev–Trinajstić information content (AvgIpc) is 3.21. The smallest absolute Gasteiger partial charge is 0.335 e. The monoisotopic (exact) mass is 602 g/mol. The van der Waals surface area contributed by atoms with Crippen LogP contribution in [0.5, 0.6) is 0 Å². The van der Waals surface area contributed by atoms with E-state index in [1.807, 2.05) is 0 Å². The summed E-state index contributed by atoms with van der Waals surface area (Å²) in [6, 6.07) is 0. The van der Waals surface area contributed by atoms with E-state index in [0.717, 1.165) is 31.1 Å². The summed E-state index contributed by atoms with van der Waals surface area (Å²) in [4.78, 5) is 11.7. The summed E-state index contributed by atoms with van der Waals surface area (Å²) in [7, 11) is 0. The van der Waals surface area contributed by atoms with E-state index in [-0.39, 0.29) is 16.9 Å². The molecular formula is C36H58O7. The Balaban J connectivity index is 1.36. The van der Waals surface area contributed by atoms with Gasteiger partial charge in [0.15, 0.2) is 12.4 Å². The van der Waals surface area contributed by atoms with Crippen molar-refractivity contribution in [2.45, 2.75) is 150 Å². The second kappa shape index (κ2) is 11.5. The molecule has 244 valence electrons. The number of rotatable bonds is 7. The molecule has 4 fully saturated rings. The number of allylic oxidation sites excluding steroid dienone is 3. The number of aliphatic hydroxyl groups excluding tert-OH is 3. The SMILES string of the molecule is CC(C)=CCCC(C)C1CCC2(C)C3CC=C4C(C)(C)C(OC5OC(C(=O)O)C(O)C(O)C5O)CCC4(C)C3CCC12C. The Hall–Kier alpha value is -1.25. The number of hydrogen-bond acceptors (Lipinski definition) is 6. The van der Waals surface area contributed by atoms with Gasteiger partial charge in [0.2, 0.25) is 0 Å². The first-order valence-electron chi connectivity index (χ1n) is 16.9. The lowest BCUT2D eigenvalue weighted by molar-refractivity contribution is -0.313. The third-order valence-corrected chi connectivity index (χ3v) is 13.8. The molecular weight excluding hydrogens is 544 g/mol. The molecule has 0 amide bonds. The van der Waals surface area contributed by atoms with E-state index in [9.17, 15) is 25.2 Å². The fourth-order valence-electron chi connectivity index (χ4n) is 11.1. The largest absolute Gasteiger partial charge is 0.479 e. The molecule has 0 spiro atoms. The first kappa shape index (κ1) is 33.1. The maximum Gasteiger partial charge on any atom is 0.335 e. The van der Waals surface area contributed by atoms with Crippen LogP contribution < -0.4 is 0 Å². The van der Waals surface area contributed by atoms with Crippen molar-refractivity contribution in [2.24, 2.45) is 45.3 Å². The van der Waals surface area contributed by atoms with Crippen LogP contribution in [0.1, 0.15) is 113 Å². The zero-order valence-electron chi connectivity index (χ0n) is 27.8. The number of aliphatic hydroxyl groups is 3. The summed E-state index contributed by atoms with van der Waals surface area (Å²) in [5, 5.41) is 40.6. The summed E-state index contributed by atoms with van der Waals surface area (Å²) >= 11 is 0. The van der Waals surface area contributed by atoms with Crippen LogP contribution in [0.25, 0.3) is 0 Å². The van der Waals surface area contributed by atoms with Crippen molar-refractivity contribution < 1.29 is 34.7 Å². The molecule has 5 aliphatic rings. The first-order chi connectivity index (χ1) is 20.0. The van der Waals surface area contributed by atoms with Gasteiger partial charge in [0, 0.05) is 5.41 Å². The predicted octanol–water partition coefficient (Wildman–Crippen LogP) is 6.25. The highest BCUT2D eigenvalue weighted by molar-refractivity contribution is 5.73. The van der Waals surface area contributed by atoms with Gasteiger partial charge in [-0.15, -0.1) is 0 Å². The van der Waals surface area contributed by atoms with Gasteiger partial charge >= 0.3 is 5.97 Å². The predicted molar refractivity (Wildman–Crippen MR) is 166 cm³/mol. The lowest BCUT2D eigenvalue weighted by Crippen LogP contribution is -2.62. The lowest BCUT2D eigenvalue weighted by Gasteiger charge is -2.65. The minimum atomic E-state index is -1.72. The summed E-state index contributed by atoms with van der Waals surface area (Å²) < 4.78 is 11.8. The molecule has 4 N–H and O–H groups in total. The molecule has 0 bridgehead atoms. The Morgan fingerprint density at radius 3 is 2.30 bits per heavy atom.